The number of thiazole rings is 1. The Morgan fingerprint density at radius 1 is 1.14 bits per heavy atom. The van der Waals surface area contributed by atoms with Crippen molar-refractivity contribution in [1.29, 1.82) is 0 Å². The molecular weight excluding hydrogens is 382 g/mol. The number of aliphatic hydroxyl groups is 1. The van der Waals surface area contributed by atoms with Gasteiger partial charge >= 0.3 is 0 Å². The summed E-state index contributed by atoms with van der Waals surface area (Å²) >= 11 is 1.66. The molecule has 0 aliphatic heterocycles. The molecule has 3 aromatic heterocycles. The van der Waals surface area contributed by atoms with E-state index in [4.69, 9.17) is 4.98 Å². The summed E-state index contributed by atoms with van der Waals surface area (Å²) in [5, 5.41) is 14.3. The van der Waals surface area contributed by atoms with E-state index in [-0.39, 0.29) is 12.6 Å². The molecule has 2 N–H and O–H groups in total. The van der Waals surface area contributed by atoms with Crippen LogP contribution in [0.4, 0.5) is 5.13 Å². The van der Waals surface area contributed by atoms with Gasteiger partial charge in [0.05, 0.1) is 35.7 Å². The first-order valence-electron chi connectivity index (χ1n) is 10.3. The Hall–Kier alpha value is -2.51. The highest BCUT2D eigenvalue weighted by molar-refractivity contribution is 7.22. The van der Waals surface area contributed by atoms with E-state index in [2.05, 4.69) is 38.1 Å². The van der Waals surface area contributed by atoms with Crippen molar-refractivity contribution in [2.75, 3.05) is 11.9 Å². The first kappa shape index (κ1) is 18.5. The summed E-state index contributed by atoms with van der Waals surface area (Å²) in [4.78, 5) is 13.6. The highest BCUT2D eigenvalue weighted by Gasteiger charge is 2.23. The van der Waals surface area contributed by atoms with Crippen molar-refractivity contribution in [3.8, 4) is 0 Å². The van der Waals surface area contributed by atoms with E-state index in [1.54, 1.807) is 17.5 Å². The van der Waals surface area contributed by atoms with Gasteiger partial charge in [0.25, 0.3) is 0 Å². The van der Waals surface area contributed by atoms with E-state index in [9.17, 15) is 5.11 Å². The van der Waals surface area contributed by atoms with E-state index in [1.807, 2.05) is 18.5 Å². The van der Waals surface area contributed by atoms with Gasteiger partial charge in [0.2, 0.25) is 0 Å². The predicted molar refractivity (Wildman–Crippen MR) is 117 cm³/mol. The molecule has 0 radical (unpaired) electrons. The highest BCUT2D eigenvalue weighted by atomic mass is 32.1. The van der Waals surface area contributed by atoms with Crippen LogP contribution >= 0.6 is 11.3 Å². The molecule has 0 bridgehead atoms. The molecule has 1 atom stereocenters. The summed E-state index contributed by atoms with van der Waals surface area (Å²) in [7, 11) is 0. The van der Waals surface area contributed by atoms with Gasteiger partial charge in [-0.1, -0.05) is 36.7 Å². The number of hydrogen-bond donors (Lipinski definition) is 2. The summed E-state index contributed by atoms with van der Waals surface area (Å²) in [6, 6.07) is 10.4. The Morgan fingerprint density at radius 3 is 2.90 bits per heavy atom. The van der Waals surface area contributed by atoms with E-state index < -0.39 is 0 Å². The number of anilines is 1. The summed E-state index contributed by atoms with van der Waals surface area (Å²) in [5.74, 6) is 0.540. The van der Waals surface area contributed by atoms with Gasteiger partial charge in [-0.3, -0.25) is 0 Å². The minimum absolute atomic E-state index is 0.0960. The average molecular weight is 408 g/mol. The Morgan fingerprint density at radius 2 is 2.03 bits per heavy atom. The van der Waals surface area contributed by atoms with Crippen molar-refractivity contribution in [3.63, 3.8) is 0 Å². The van der Waals surface area contributed by atoms with Crippen LogP contribution in [0.5, 0.6) is 0 Å². The first-order chi connectivity index (χ1) is 14.3. The van der Waals surface area contributed by atoms with Crippen molar-refractivity contribution in [2.45, 2.75) is 44.7 Å². The van der Waals surface area contributed by atoms with Crippen LogP contribution in [-0.2, 0) is 6.54 Å². The quantitative estimate of drug-likeness (QED) is 0.494. The minimum atomic E-state index is 0.0960. The molecule has 4 aromatic rings. The second-order valence-corrected chi connectivity index (χ2v) is 8.90. The number of hydrogen-bond acceptors (Lipinski definition) is 6. The standard InChI is InChI=1S/C22H25N5OS/c28-13-19(16-5-2-1-3-6-16)26-22-25-17-9-8-15(11-20(17)29-22)12-27-14-24-18-7-4-10-23-21(18)27/h4,7-11,14,16,19,28H,1-3,5-6,12-13H2,(H,25,26)/t19-/m1/s1. The van der Waals surface area contributed by atoms with Crippen molar-refractivity contribution >= 4 is 37.8 Å². The van der Waals surface area contributed by atoms with E-state index >= 15 is 0 Å². The van der Waals surface area contributed by atoms with Crippen LogP contribution in [0.15, 0.2) is 42.9 Å². The van der Waals surface area contributed by atoms with Crippen LogP contribution in [0.1, 0.15) is 37.7 Å². The molecule has 29 heavy (non-hydrogen) atoms. The van der Waals surface area contributed by atoms with Gasteiger partial charge in [0, 0.05) is 6.20 Å². The Balaban J connectivity index is 1.35. The largest absolute Gasteiger partial charge is 0.394 e. The number of pyridine rings is 1. The summed E-state index contributed by atoms with van der Waals surface area (Å²) in [6.07, 6.45) is 9.89. The van der Waals surface area contributed by atoms with Crippen LogP contribution in [0.25, 0.3) is 21.4 Å². The fourth-order valence-corrected chi connectivity index (χ4v) is 5.34. The summed E-state index contributed by atoms with van der Waals surface area (Å²) in [5.41, 5.74) is 4.01. The Bertz CT molecular complexity index is 1110. The molecule has 6 nitrogen and oxygen atoms in total. The second-order valence-electron chi connectivity index (χ2n) is 7.87. The molecule has 3 heterocycles. The third-order valence-corrected chi connectivity index (χ3v) is 6.85. The van der Waals surface area contributed by atoms with Crippen LogP contribution in [-0.4, -0.2) is 37.3 Å². The SMILES string of the molecule is OC[C@@H](Nc1nc2ccc(Cn3cnc4cccnc43)cc2s1)C1CCCCC1. The van der Waals surface area contributed by atoms with Gasteiger partial charge in [-0.15, -0.1) is 0 Å². The highest BCUT2D eigenvalue weighted by Crippen LogP contribution is 2.31. The average Bonchev–Trinajstić information content (AvgIpc) is 3.36. The van der Waals surface area contributed by atoms with Crippen LogP contribution in [0, 0.1) is 5.92 Å². The van der Waals surface area contributed by atoms with Gasteiger partial charge in [0.1, 0.15) is 5.52 Å². The van der Waals surface area contributed by atoms with E-state index in [1.165, 1.54) is 37.7 Å². The molecule has 1 aromatic carbocycles. The topological polar surface area (TPSA) is 75.9 Å². The molecule has 0 unspecified atom stereocenters. The monoisotopic (exact) mass is 407 g/mol. The van der Waals surface area contributed by atoms with Crippen LogP contribution in [0.2, 0.25) is 0 Å². The number of nitrogens with one attached hydrogen (secondary N) is 1. The third-order valence-electron chi connectivity index (χ3n) is 5.90. The van der Waals surface area contributed by atoms with Crippen LogP contribution < -0.4 is 5.32 Å². The number of benzene rings is 1. The first-order valence-corrected chi connectivity index (χ1v) is 11.1. The Kier molecular flexibility index (Phi) is 5.16. The molecular formula is C22H25N5OS. The lowest BCUT2D eigenvalue weighted by molar-refractivity contribution is 0.209. The van der Waals surface area contributed by atoms with Crippen molar-refractivity contribution < 1.29 is 5.11 Å². The normalized spacial score (nSPS) is 16.4. The number of fused-ring (bicyclic) bond motifs is 2. The minimum Gasteiger partial charge on any atom is -0.394 e. The molecule has 1 fully saturated rings. The Labute approximate surface area is 173 Å². The number of rotatable bonds is 6. The number of aromatic nitrogens is 4. The molecule has 7 heteroatoms. The zero-order chi connectivity index (χ0) is 19.6. The summed E-state index contributed by atoms with van der Waals surface area (Å²) < 4.78 is 3.23. The number of nitrogens with zero attached hydrogens (tertiary/aromatic N) is 4. The second kappa shape index (κ2) is 8.08. The van der Waals surface area contributed by atoms with Gasteiger partial charge in [-0.25, -0.2) is 15.0 Å². The fraction of sp³-hybridized carbons (Fsp3) is 0.409. The smallest absolute Gasteiger partial charge is 0.184 e. The van der Waals surface area contributed by atoms with Crippen molar-refractivity contribution in [1.82, 2.24) is 19.5 Å². The third kappa shape index (κ3) is 3.84. The van der Waals surface area contributed by atoms with Gasteiger partial charge < -0.3 is 15.0 Å². The van der Waals surface area contributed by atoms with Gasteiger partial charge in [0.15, 0.2) is 10.8 Å². The zero-order valence-corrected chi connectivity index (χ0v) is 17.1. The maximum Gasteiger partial charge on any atom is 0.184 e. The maximum atomic E-state index is 9.89. The molecule has 0 amide bonds. The zero-order valence-electron chi connectivity index (χ0n) is 16.3. The summed E-state index contributed by atoms with van der Waals surface area (Å²) in [6.45, 7) is 0.887. The van der Waals surface area contributed by atoms with Crippen LogP contribution in [0.3, 0.4) is 0 Å². The lowest BCUT2D eigenvalue weighted by Gasteiger charge is -2.29. The lowest BCUT2D eigenvalue weighted by Crippen LogP contribution is -2.33. The fourth-order valence-electron chi connectivity index (χ4n) is 4.35. The van der Waals surface area contributed by atoms with E-state index in [0.717, 1.165) is 33.1 Å². The molecule has 150 valence electrons. The van der Waals surface area contributed by atoms with Crippen molar-refractivity contribution in [2.24, 2.45) is 5.92 Å². The van der Waals surface area contributed by atoms with E-state index in [0.29, 0.717) is 5.92 Å². The molecule has 1 aliphatic rings. The molecule has 0 saturated heterocycles. The van der Waals surface area contributed by atoms with Crippen molar-refractivity contribution in [3.05, 3.63) is 48.4 Å². The molecule has 1 saturated carbocycles. The molecule has 0 spiro atoms. The number of aliphatic hydroxyl groups excluding tert-OH is 1. The maximum absolute atomic E-state index is 9.89. The molecule has 5 rings (SSSR count). The molecule has 1 aliphatic carbocycles. The van der Waals surface area contributed by atoms with Gasteiger partial charge in [-0.2, -0.15) is 0 Å². The van der Waals surface area contributed by atoms with Gasteiger partial charge in [-0.05, 0) is 48.6 Å². The predicted octanol–water partition coefficient (Wildman–Crippen LogP) is 4.44. The lowest BCUT2D eigenvalue weighted by atomic mass is 9.84. The number of imidazole rings is 1.